The van der Waals surface area contributed by atoms with Crippen LogP contribution in [0.5, 0.6) is 0 Å². The van der Waals surface area contributed by atoms with Gasteiger partial charge in [0.15, 0.2) is 0 Å². The Balaban J connectivity index is 1.80. The number of aromatic nitrogens is 3. The zero-order valence-corrected chi connectivity index (χ0v) is 12.0. The minimum Gasteiger partial charge on any atom is -0.321 e. The van der Waals surface area contributed by atoms with Gasteiger partial charge in [0.2, 0.25) is 5.91 Å². The normalized spacial score (nSPS) is 10.7. The van der Waals surface area contributed by atoms with Crippen LogP contribution in [-0.2, 0) is 11.3 Å². The van der Waals surface area contributed by atoms with E-state index >= 15 is 0 Å². The first-order chi connectivity index (χ1) is 9.74. The first-order valence-corrected chi connectivity index (χ1v) is 6.83. The molecule has 1 N–H and O–H groups in total. The van der Waals surface area contributed by atoms with E-state index in [9.17, 15) is 4.79 Å². The summed E-state index contributed by atoms with van der Waals surface area (Å²) >= 11 is 3.44. The number of nitrogens with zero attached hydrogens (tertiary/aromatic N) is 3. The van der Waals surface area contributed by atoms with E-state index in [1.165, 1.54) is 0 Å². The highest BCUT2D eigenvalue weighted by Crippen LogP contribution is 2.22. The van der Waals surface area contributed by atoms with E-state index in [0.29, 0.717) is 5.82 Å². The molecule has 0 radical (unpaired) electrons. The summed E-state index contributed by atoms with van der Waals surface area (Å²) in [4.78, 5) is 20.4. The highest BCUT2D eigenvalue weighted by Gasteiger charge is 2.09. The lowest BCUT2D eigenvalue weighted by Gasteiger charge is -2.05. The number of rotatable bonds is 3. The van der Waals surface area contributed by atoms with Crippen molar-refractivity contribution >= 4 is 38.7 Å². The number of carbonyl (C=O) groups is 1. The smallest absolute Gasteiger partial charge is 0.245 e. The fourth-order valence-electron chi connectivity index (χ4n) is 1.95. The molecule has 2 aromatic heterocycles. The van der Waals surface area contributed by atoms with Gasteiger partial charge < -0.3 is 9.88 Å². The molecule has 5 nitrogen and oxygen atoms in total. The van der Waals surface area contributed by atoms with Crippen molar-refractivity contribution in [2.45, 2.75) is 6.54 Å². The van der Waals surface area contributed by atoms with Crippen molar-refractivity contribution in [3.63, 3.8) is 0 Å². The second-order valence-corrected chi connectivity index (χ2v) is 5.10. The predicted molar refractivity (Wildman–Crippen MR) is 80.3 cm³/mol. The summed E-state index contributed by atoms with van der Waals surface area (Å²) in [6.45, 7) is 0.198. The third-order valence-electron chi connectivity index (χ3n) is 2.85. The monoisotopic (exact) mass is 330 g/mol. The topological polar surface area (TPSA) is 59.8 Å². The number of pyridine rings is 1. The molecule has 0 aliphatic carbocycles. The van der Waals surface area contributed by atoms with Crippen molar-refractivity contribution in [3.05, 3.63) is 53.4 Å². The van der Waals surface area contributed by atoms with Crippen molar-refractivity contribution in [3.8, 4) is 0 Å². The molecule has 0 saturated heterocycles. The molecule has 100 valence electrons. The molecular formula is C14H11BrN4O. The van der Waals surface area contributed by atoms with Crippen LogP contribution in [-0.4, -0.2) is 20.4 Å². The number of para-hydroxylation sites is 1. The lowest BCUT2D eigenvalue weighted by molar-refractivity contribution is -0.116. The summed E-state index contributed by atoms with van der Waals surface area (Å²) in [5, 5.41) is 2.75. The van der Waals surface area contributed by atoms with Crippen molar-refractivity contribution in [1.82, 2.24) is 14.5 Å². The van der Waals surface area contributed by atoms with Gasteiger partial charge in [0.1, 0.15) is 17.9 Å². The molecule has 3 aromatic rings. The number of hydrogen-bond donors (Lipinski definition) is 1. The molecule has 0 saturated carbocycles. The molecule has 0 spiro atoms. The van der Waals surface area contributed by atoms with E-state index in [1.807, 2.05) is 24.3 Å². The minimum absolute atomic E-state index is 0.136. The molecule has 0 aliphatic heterocycles. The van der Waals surface area contributed by atoms with Crippen molar-refractivity contribution < 1.29 is 4.79 Å². The summed E-state index contributed by atoms with van der Waals surface area (Å²) in [5.74, 6) is 0.408. The molecular weight excluding hydrogens is 320 g/mol. The van der Waals surface area contributed by atoms with Gasteiger partial charge in [0.05, 0.1) is 11.8 Å². The van der Waals surface area contributed by atoms with Gasteiger partial charge in [-0.15, -0.1) is 0 Å². The van der Waals surface area contributed by atoms with E-state index in [2.05, 4.69) is 31.2 Å². The van der Waals surface area contributed by atoms with Gasteiger partial charge in [-0.3, -0.25) is 4.79 Å². The van der Waals surface area contributed by atoms with Gasteiger partial charge in [0, 0.05) is 10.7 Å². The number of hydrogen-bond acceptors (Lipinski definition) is 3. The molecule has 1 amide bonds. The van der Waals surface area contributed by atoms with E-state index < -0.39 is 0 Å². The SMILES string of the molecule is O=C(Cn1cnc2c(Br)cccc21)Nc1ccccn1. The Morgan fingerprint density at radius 1 is 1.20 bits per heavy atom. The summed E-state index contributed by atoms with van der Waals surface area (Å²) in [6, 6.07) is 11.2. The van der Waals surface area contributed by atoms with Crippen LogP contribution in [0.3, 0.4) is 0 Å². The van der Waals surface area contributed by atoms with E-state index in [0.717, 1.165) is 15.5 Å². The summed E-state index contributed by atoms with van der Waals surface area (Å²) in [5.41, 5.74) is 1.76. The fraction of sp³-hybridized carbons (Fsp3) is 0.0714. The number of fused-ring (bicyclic) bond motifs is 1. The number of nitrogens with one attached hydrogen (secondary N) is 1. The lowest BCUT2D eigenvalue weighted by Crippen LogP contribution is -2.18. The lowest BCUT2D eigenvalue weighted by atomic mass is 10.3. The third-order valence-corrected chi connectivity index (χ3v) is 3.49. The molecule has 20 heavy (non-hydrogen) atoms. The van der Waals surface area contributed by atoms with Crippen LogP contribution in [0.1, 0.15) is 0 Å². The second kappa shape index (κ2) is 5.42. The maximum Gasteiger partial charge on any atom is 0.245 e. The van der Waals surface area contributed by atoms with E-state index in [4.69, 9.17) is 0 Å². The number of anilines is 1. The standard InChI is InChI=1S/C14H11BrN4O/c15-10-4-3-5-11-14(10)17-9-19(11)8-13(20)18-12-6-1-2-7-16-12/h1-7,9H,8H2,(H,16,18,20). The van der Waals surface area contributed by atoms with Gasteiger partial charge in [-0.1, -0.05) is 12.1 Å². The van der Waals surface area contributed by atoms with Gasteiger partial charge in [-0.25, -0.2) is 9.97 Å². The molecule has 0 atom stereocenters. The average molecular weight is 331 g/mol. The van der Waals surface area contributed by atoms with Crippen LogP contribution in [0.25, 0.3) is 11.0 Å². The fourth-order valence-corrected chi connectivity index (χ4v) is 2.41. The molecule has 1 aromatic carbocycles. The quantitative estimate of drug-likeness (QED) is 0.803. The molecule has 3 rings (SSSR count). The summed E-state index contributed by atoms with van der Waals surface area (Å²) in [7, 11) is 0. The van der Waals surface area contributed by atoms with Crippen LogP contribution in [0.15, 0.2) is 53.4 Å². The summed E-state index contributed by atoms with van der Waals surface area (Å²) < 4.78 is 2.72. The van der Waals surface area contributed by atoms with Gasteiger partial charge in [0.25, 0.3) is 0 Å². The number of carbonyl (C=O) groups excluding carboxylic acids is 1. The maximum atomic E-state index is 12.0. The number of imidazole rings is 1. The molecule has 2 heterocycles. The molecule has 6 heteroatoms. The van der Waals surface area contributed by atoms with Crippen LogP contribution in [0.2, 0.25) is 0 Å². The molecule has 0 aliphatic rings. The largest absolute Gasteiger partial charge is 0.321 e. The van der Waals surface area contributed by atoms with Crippen molar-refractivity contribution in [2.24, 2.45) is 0 Å². The van der Waals surface area contributed by atoms with Gasteiger partial charge in [-0.05, 0) is 40.2 Å². The average Bonchev–Trinajstić information content (AvgIpc) is 2.84. The second-order valence-electron chi connectivity index (χ2n) is 4.24. The molecule has 0 fully saturated rings. The zero-order chi connectivity index (χ0) is 13.9. The predicted octanol–water partition coefficient (Wildman–Crippen LogP) is 2.83. The number of benzene rings is 1. The highest BCUT2D eigenvalue weighted by molar-refractivity contribution is 9.10. The number of halogens is 1. The highest BCUT2D eigenvalue weighted by atomic mass is 79.9. The van der Waals surface area contributed by atoms with Crippen LogP contribution in [0, 0.1) is 0 Å². The molecule has 0 unspecified atom stereocenters. The van der Waals surface area contributed by atoms with Crippen LogP contribution >= 0.6 is 15.9 Å². The Bertz CT molecular complexity index is 754. The van der Waals surface area contributed by atoms with E-state index in [-0.39, 0.29) is 12.5 Å². The minimum atomic E-state index is -0.136. The van der Waals surface area contributed by atoms with Gasteiger partial charge >= 0.3 is 0 Å². The number of amides is 1. The van der Waals surface area contributed by atoms with Crippen LogP contribution < -0.4 is 5.32 Å². The zero-order valence-electron chi connectivity index (χ0n) is 10.5. The maximum absolute atomic E-state index is 12.0. The Morgan fingerprint density at radius 3 is 2.90 bits per heavy atom. The van der Waals surface area contributed by atoms with Crippen molar-refractivity contribution in [1.29, 1.82) is 0 Å². The molecule has 0 bridgehead atoms. The third kappa shape index (κ3) is 2.55. The first-order valence-electron chi connectivity index (χ1n) is 6.04. The van der Waals surface area contributed by atoms with Crippen molar-refractivity contribution in [2.75, 3.05) is 5.32 Å². The summed E-state index contributed by atoms with van der Waals surface area (Å²) in [6.07, 6.45) is 3.30. The Kier molecular flexibility index (Phi) is 3.47. The van der Waals surface area contributed by atoms with Crippen LogP contribution in [0.4, 0.5) is 5.82 Å². The van der Waals surface area contributed by atoms with E-state index in [1.54, 1.807) is 29.2 Å². The first kappa shape index (κ1) is 12.8. The Labute approximate surface area is 123 Å². The Hall–Kier alpha value is -2.21. The Morgan fingerprint density at radius 2 is 2.10 bits per heavy atom. The van der Waals surface area contributed by atoms with Gasteiger partial charge in [-0.2, -0.15) is 0 Å².